The molecule has 0 spiro atoms. The molecule has 1 aliphatic rings. The molecule has 0 aromatic heterocycles. The van der Waals surface area contributed by atoms with Gasteiger partial charge in [-0.3, -0.25) is 14.4 Å². The second-order valence-corrected chi connectivity index (χ2v) is 7.77. The molecule has 3 N–H and O–H groups in total. The maximum Gasteiger partial charge on any atom is 0.313 e. The SMILES string of the molecule is Cc1ccc(NC(=O)C(=O)NCCC(CCO)c2ccccc2)cc1N1CCCC1=O. The van der Waals surface area contributed by atoms with Crippen LogP contribution in [-0.2, 0) is 14.4 Å². The zero-order chi connectivity index (χ0) is 22.2. The van der Waals surface area contributed by atoms with E-state index in [0.717, 1.165) is 23.2 Å². The summed E-state index contributed by atoms with van der Waals surface area (Å²) in [7, 11) is 0. The highest BCUT2D eigenvalue weighted by atomic mass is 16.3. The Morgan fingerprint density at radius 3 is 2.55 bits per heavy atom. The molecule has 0 aliphatic carbocycles. The van der Waals surface area contributed by atoms with Gasteiger partial charge in [0.15, 0.2) is 0 Å². The van der Waals surface area contributed by atoms with Crippen LogP contribution < -0.4 is 15.5 Å². The number of carbonyl (C=O) groups is 3. The quantitative estimate of drug-likeness (QED) is 0.569. The molecule has 0 bridgehead atoms. The van der Waals surface area contributed by atoms with Crippen molar-refractivity contribution < 1.29 is 19.5 Å². The molecule has 7 heteroatoms. The Morgan fingerprint density at radius 2 is 1.87 bits per heavy atom. The zero-order valence-corrected chi connectivity index (χ0v) is 17.8. The lowest BCUT2D eigenvalue weighted by atomic mass is 9.93. The second-order valence-electron chi connectivity index (χ2n) is 7.77. The van der Waals surface area contributed by atoms with Gasteiger partial charge in [0, 0.05) is 37.5 Å². The summed E-state index contributed by atoms with van der Waals surface area (Å²) >= 11 is 0. The van der Waals surface area contributed by atoms with Crippen molar-refractivity contribution in [1.82, 2.24) is 5.32 Å². The molecule has 31 heavy (non-hydrogen) atoms. The lowest BCUT2D eigenvalue weighted by molar-refractivity contribution is -0.136. The number of aliphatic hydroxyl groups excluding tert-OH is 1. The fourth-order valence-electron chi connectivity index (χ4n) is 3.87. The Balaban J connectivity index is 1.55. The molecule has 2 aromatic carbocycles. The third-order valence-electron chi connectivity index (χ3n) is 5.56. The molecule has 0 radical (unpaired) electrons. The van der Waals surface area contributed by atoms with Crippen LogP contribution in [0.15, 0.2) is 48.5 Å². The lowest BCUT2D eigenvalue weighted by Gasteiger charge is -2.19. The van der Waals surface area contributed by atoms with E-state index in [1.807, 2.05) is 43.3 Å². The Morgan fingerprint density at radius 1 is 1.10 bits per heavy atom. The number of hydrogen-bond donors (Lipinski definition) is 3. The van der Waals surface area contributed by atoms with Crippen LogP contribution in [-0.4, -0.2) is 42.5 Å². The highest BCUT2D eigenvalue weighted by molar-refractivity contribution is 6.39. The van der Waals surface area contributed by atoms with Gasteiger partial charge in [0.2, 0.25) is 5.91 Å². The number of rotatable bonds is 8. The molecule has 164 valence electrons. The van der Waals surface area contributed by atoms with Crippen molar-refractivity contribution >= 4 is 29.1 Å². The Kier molecular flexibility index (Phi) is 7.78. The first-order valence-corrected chi connectivity index (χ1v) is 10.7. The molecule has 1 heterocycles. The summed E-state index contributed by atoms with van der Waals surface area (Å²) < 4.78 is 0. The van der Waals surface area contributed by atoms with Gasteiger partial charge in [0.1, 0.15) is 0 Å². The number of aliphatic hydroxyl groups is 1. The lowest BCUT2D eigenvalue weighted by Crippen LogP contribution is -2.36. The smallest absolute Gasteiger partial charge is 0.313 e. The maximum absolute atomic E-state index is 12.3. The monoisotopic (exact) mass is 423 g/mol. The Labute approximate surface area is 182 Å². The minimum atomic E-state index is -0.749. The van der Waals surface area contributed by atoms with Crippen LogP contribution in [0.3, 0.4) is 0 Å². The zero-order valence-electron chi connectivity index (χ0n) is 17.8. The van der Waals surface area contributed by atoms with E-state index < -0.39 is 11.8 Å². The number of aryl methyl sites for hydroxylation is 1. The second kappa shape index (κ2) is 10.7. The molecule has 1 atom stereocenters. The van der Waals surface area contributed by atoms with Gasteiger partial charge < -0.3 is 20.6 Å². The van der Waals surface area contributed by atoms with Crippen LogP contribution in [0.2, 0.25) is 0 Å². The summed E-state index contributed by atoms with van der Waals surface area (Å²) in [6.45, 7) is 2.96. The van der Waals surface area contributed by atoms with Crippen LogP contribution in [0.4, 0.5) is 11.4 Å². The van der Waals surface area contributed by atoms with E-state index in [2.05, 4.69) is 10.6 Å². The molecule has 3 amide bonds. The largest absolute Gasteiger partial charge is 0.396 e. The first kappa shape index (κ1) is 22.5. The summed E-state index contributed by atoms with van der Waals surface area (Å²) in [6.07, 6.45) is 2.55. The summed E-state index contributed by atoms with van der Waals surface area (Å²) in [5, 5.41) is 14.6. The van der Waals surface area contributed by atoms with Gasteiger partial charge in [-0.15, -0.1) is 0 Å². The highest BCUT2D eigenvalue weighted by Crippen LogP contribution is 2.28. The van der Waals surface area contributed by atoms with Crippen LogP contribution >= 0.6 is 0 Å². The first-order chi connectivity index (χ1) is 15.0. The normalized spacial score (nSPS) is 14.4. The van der Waals surface area contributed by atoms with Gasteiger partial charge in [0.05, 0.1) is 0 Å². The topological polar surface area (TPSA) is 98.7 Å². The van der Waals surface area contributed by atoms with E-state index in [0.29, 0.717) is 38.0 Å². The van der Waals surface area contributed by atoms with Crippen LogP contribution in [0.1, 0.15) is 42.7 Å². The number of nitrogens with zero attached hydrogens (tertiary/aromatic N) is 1. The fourth-order valence-corrected chi connectivity index (χ4v) is 3.87. The van der Waals surface area contributed by atoms with Gasteiger partial charge in [-0.1, -0.05) is 36.4 Å². The van der Waals surface area contributed by atoms with Crippen molar-refractivity contribution in [2.24, 2.45) is 0 Å². The van der Waals surface area contributed by atoms with Gasteiger partial charge in [-0.05, 0) is 55.4 Å². The van der Waals surface area contributed by atoms with Gasteiger partial charge in [-0.2, -0.15) is 0 Å². The summed E-state index contributed by atoms with van der Waals surface area (Å²) in [6, 6.07) is 15.1. The van der Waals surface area contributed by atoms with Crippen molar-refractivity contribution in [2.45, 2.75) is 38.5 Å². The molecule has 7 nitrogen and oxygen atoms in total. The van der Waals surface area contributed by atoms with Gasteiger partial charge in [-0.25, -0.2) is 0 Å². The average Bonchev–Trinajstić information content (AvgIpc) is 3.20. The van der Waals surface area contributed by atoms with Crippen LogP contribution in [0, 0.1) is 6.92 Å². The Bertz CT molecular complexity index is 930. The third-order valence-corrected chi connectivity index (χ3v) is 5.56. The summed E-state index contributed by atoms with van der Waals surface area (Å²) in [5.74, 6) is -1.29. The average molecular weight is 424 g/mol. The maximum atomic E-state index is 12.3. The predicted molar refractivity (Wildman–Crippen MR) is 120 cm³/mol. The molecule has 3 rings (SSSR count). The number of amides is 3. The molecular weight excluding hydrogens is 394 g/mol. The number of nitrogens with one attached hydrogen (secondary N) is 2. The predicted octanol–water partition coefficient (Wildman–Crippen LogP) is 2.73. The van der Waals surface area contributed by atoms with Crippen LogP contribution in [0.5, 0.6) is 0 Å². The number of carbonyl (C=O) groups excluding carboxylic acids is 3. The molecule has 1 unspecified atom stereocenters. The van der Waals surface area contributed by atoms with Gasteiger partial charge in [0.25, 0.3) is 0 Å². The van der Waals surface area contributed by atoms with E-state index in [9.17, 15) is 19.5 Å². The standard InChI is InChI=1S/C24H29N3O4/c1-17-9-10-20(16-21(17)27-14-5-8-22(27)29)26-24(31)23(30)25-13-11-19(12-15-28)18-6-3-2-4-7-18/h2-4,6-7,9-10,16,19,28H,5,8,11-15H2,1H3,(H,25,30)(H,26,31). The highest BCUT2D eigenvalue weighted by Gasteiger charge is 2.24. The Hall–Kier alpha value is -3.19. The third kappa shape index (κ3) is 5.92. The van der Waals surface area contributed by atoms with E-state index in [1.54, 1.807) is 17.0 Å². The summed E-state index contributed by atoms with van der Waals surface area (Å²) in [4.78, 5) is 38.3. The summed E-state index contributed by atoms with van der Waals surface area (Å²) in [5.41, 5.74) is 3.27. The number of anilines is 2. The van der Waals surface area contributed by atoms with Crippen molar-refractivity contribution in [2.75, 3.05) is 29.9 Å². The van der Waals surface area contributed by atoms with E-state index in [-0.39, 0.29) is 18.4 Å². The molecule has 1 fully saturated rings. The number of hydrogen-bond acceptors (Lipinski definition) is 4. The minimum Gasteiger partial charge on any atom is -0.396 e. The van der Waals surface area contributed by atoms with Gasteiger partial charge >= 0.3 is 11.8 Å². The molecular formula is C24H29N3O4. The van der Waals surface area contributed by atoms with Crippen molar-refractivity contribution in [1.29, 1.82) is 0 Å². The fraction of sp³-hybridized carbons (Fsp3) is 0.375. The first-order valence-electron chi connectivity index (χ1n) is 10.7. The molecule has 2 aromatic rings. The van der Waals surface area contributed by atoms with E-state index in [1.165, 1.54) is 0 Å². The molecule has 1 saturated heterocycles. The van der Waals surface area contributed by atoms with E-state index >= 15 is 0 Å². The van der Waals surface area contributed by atoms with Crippen molar-refractivity contribution in [3.63, 3.8) is 0 Å². The minimum absolute atomic E-state index is 0.0588. The molecule has 1 aliphatic heterocycles. The molecule has 0 saturated carbocycles. The van der Waals surface area contributed by atoms with E-state index in [4.69, 9.17) is 0 Å². The number of benzene rings is 2. The van der Waals surface area contributed by atoms with Crippen molar-refractivity contribution in [3.8, 4) is 0 Å². The van der Waals surface area contributed by atoms with Crippen molar-refractivity contribution in [3.05, 3.63) is 59.7 Å². The van der Waals surface area contributed by atoms with Crippen LogP contribution in [0.25, 0.3) is 0 Å².